The molecule has 0 spiro atoms. The molecule has 0 radical (unpaired) electrons. The first-order valence-electron chi connectivity index (χ1n) is 7.75. The summed E-state index contributed by atoms with van der Waals surface area (Å²) in [6, 6.07) is 11.2. The molecule has 1 atom stereocenters. The average Bonchev–Trinajstić information content (AvgIpc) is 3.27. The van der Waals surface area contributed by atoms with Crippen LogP contribution in [0.1, 0.15) is 24.5 Å². The Labute approximate surface area is 150 Å². The second-order valence-electron chi connectivity index (χ2n) is 5.37. The molecule has 124 valence electrons. The second-order valence-corrected chi connectivity index (χ2v) is 6.74. The molecule has 0 saturated heterocycles. The van der Waals surface area contributed by atoms with Gasteiger partial charge in [-0.2, -0.15) is 0 Å². The van der Waals surface area contributed by atoms with E-state index in [1.807, 2.05) is 71.3 Å². The van der Waals surface area contributed by atoms with Gasteiger partial charge in [0.2, 0.25) is 5.78 Å². The van der Waals surface area contributed by atoms with E-state index in [0.717, 1.165) is 10.7 Å². The van der Waals surface area contributed by atoms with Crippen LogP contribution in [-0.4, -0.2) is 27.9 Å². The molecular formula is C18H18ClN3OS. The molecule has 0 N–H and O–H groups in total. The molecule has 0 bridgehead atoms. The number of halogens is 1. The Morgan fingerprint density at radius 3 is 2.71 bits per heavy atom. The highest BCUT2D eigenvalue weighted by molar-refractivity contribution is 7.12. The van der Waals surface area contributed by atoms with Crippen LogP contribution < -0.4 is 4.90 Å². The van der Waals surface area contributed by atoms with Crippen LogP contribution in [0.2, 0.25) is 5.02 Å². The number of anilines is 1. The zero-order chi connectivity index (χ0) is 17.1. The lowest BCUT2D eigenvalue weighted by molar-refractivity contribution is 0.0952. The summed E-state index contributed by atoms with van der Waals surface area (Å²) >= 11 is 7.54. The molecule has 0 fully saturated rings. The number of nitrogens with zero attached hydrogens (tertiary/aromatic N) is 3. The molecule has 0 saturated carbocycles. The van der Waals surface area contributed by atoms with Gasteiger partial charge >= 0.3 is 0 Å². The first kappa shape index (κ1) is 16.7. The van der Waals surface area contributed by atoms with Crippen LogP contribution in [0, 0.1) is 0 Å². The van der Waals surface area contributed by atoms with Gasteiger partial charge in [0.1, 0.15) is 5.00 Å². The first-order valence-corrected chi connectivity index (χ1v) is 9.01. The van der Waals surface area contributed by atoms with Crippen molar-refractivity contribution in [1.29, 1.82) is 0 Å². The number of carbonyl (C=O) groups is 1. The summed E-state index contributed by atoms with van der Waals surface area (Å²) in [6.07, 6.45) is 3.49. The maximum atomic E-state index is 13.0. The Morgan fingerprint density at radius 2 is 2.08 bits per heavy atom. The molecule has 3 rings (SSSR count). The molecule has 2 heterocycles. The number of hydrogen-bond acceptors (Lipinski definition) is 4. The van der Waals surface area contributed by atoms with Gasteiger partial charge in [0.25, 0.3) is 0 Å². The number of likely N-dealkylation sites (N-methyl/N-ethyl adjacent to an activating group) is 1. The minimum absolute atomic E-state index is 0.00907. The molecule has 0 aliphatic carbocycles. The van der Waals surface area contributed by atoms with Gasteiger partial charge in [-0.05, 0) is 55.6 Å². The number of hydrogen-bond donors (Lipinski definition) is 0. The number of Topliss-reactive ketones (excluding diaryl/α,β-unsaturated/α-hetero) is 1. The van der Waals surface area contributed by atoms with Crippen LogP contribution in [0.4, 0.5) is 5.69 Å². The van der Waals surface area contributed by atoms with E-state index in [1.165, 1.54) is 0 Å². The monoisotopic (exact) mass is 359 g/mol. The number of carbonyl (C=O) groups excluding carboxylic acids is 1. The summed E-state index contributed by atoms with van der Waals surface area (Å²) in [4.78, 5) is 19.4. The van der Waals surface area contributed by atoms with Crippen molar-refractivity contribution >= 4 is 34.4 Å². The van der Waals surface area contributed by atoms with Crippen molar-refractivity contribution in [2.75, 3.05) is 11.4 Å². The zero-order valence-corrected chi connectivity index (χ0v) is 15.1. The number of aromatic nitrogens is 2. The third-order valence-corrected chi connectivity index (χ3v) is 5.07. The fraction of sp³-hybridized carbons (Fsp3) is 0.222. The summed E-state index contributed by atoms with van der Waals surface area (Å²) in [5, 5.41) is 3.65. The maximum absolute atomic E-state index is 13.0. The van der Waals surface area contributed by atoms with E-state index in [9.17, 15) is 4.79 Å². The third-order valence-electron chi connectivity index (χ3n) is 3.95. The molecule has 0 aliphatic rings. The van der Waals surface area contributed by atoms with Crippen LogP contribution in [0.3, 0.4) is 0 Å². The Balaban J connectivity index is 1.89. The minimum atomic E-state index is -0.322. The fourth-order valence-corrected chi connectivity index (χ4v) is 3.55. The summed E-state index contributed by atoms with van der Waals surface area (Å²) in [7, 11) is 0. The summed E-state index contributed by atoms with van der Waals surface area (Å²) in [6.45, 7) is 4.66. The van der Waals surface area contributed by atoms with E-state index in [2.05, 4.69) is 4.98 Å². The Hall–Kier alpha value is -2.11. The van der Waals surface area contributed by atoms with E-state index in [-0.39, 0.29) is 11.8 Å². The minimum Gasteiger partial charge on any atom is -0.362 e. The SMILES string of the molecule is CCN(c1ccc(Cl)cc1)[C@@H](C)C(=O)c1nccn1-c1cccs1. The predicted octanol–water partition coefficient (Wildman–Crippen LogP) is 4.68. The summed E-state index contributed by atoms with van der Waals surface area (Å²) < 4.78 is 1.85. The molecule has 1 aromatic carbocycles. The van der Waals surface area contributed by atoms with Gasteiger partial charge in [0.05, 0.1) is 6.04 Å². The summed E-state index contributed by atoms with van der Waals surface area (Å²) in [5.74, 6) is 0.447. The van der Waals surface area contributed by atoms with E-state index in [0.29, 0.717) is 17.4 Å². The highest BCUT2D eigenvalue weighted by Gasteiger charge is 2.25. The van der Waals surface area contributed by atoms with Crippen molar-refractivity contribution in [2.24, 2.45) is 0 Å². The van der Waals surface area contributed by atoms with Gasteiger partial charge in [0, 0.05) is 29.6 Å². The molecule has 0 unspecified atom stereocenters. The quantitative estimate of drug-likeness (QED) is 0.599. The first-order chi connectivity index (χ1) is 11.6. The van der Waals surface area contributed by atoms with E-state index in [1.54, 1.807) is 17.5 Å². The van der Waals surface area contributed by atoms with Crippen molar-refractivity contribution in [1.82, 2.24) is 9.55 Å². The Morgan fingerprint density at radius 1 is 1.33 bits per heavy atom. The second kappa shape index (κ2) is 7.20. The number of ketones is 1. The number of imidazole rings is 1. The number of rotatable bonds is 6. The van der Waals surface area contributed by atoms with Crippen LogP contribution in [0.25, 0.3) is 5.00 Å². The maximum Gasteiger partial charge on any atom is 0.220 e. The molecule has 2 aromatic heterocycles. The average molecular weight is 360 g/mol. The van der Waals surface area contributed by atoms with Crippen molar-refractivity contribution in [2.45, 2.75) is 19.9 Å². The van der Waals surface area contributed by atoms with Crippen molar-refractivity contribution in [3.8, 4) is 5.00 Å². The van der Waals surface area contributed by atoms with Crippen molar-refractivity contribution in [3.05, 3.63) is 65.0 Å². The van der Waals surface area contributed by atoms with Gasteiger partial charge in [-0.3, -0.25) is 9.36 Å². The normalized spacial score (nSPS) is 12.1. The van der Waals surface area contributed by atoms with E-state index in [4.69, 9.17) is 11.6 Å². The Bertz CT molecular complexity index is 811. The largest absolute Gasteiger partial charge is 0.362 e. The van der Waals surface area contributed by atoms with Gasteiger partial charge in [0.15, 0.2) is 5.82 Å². The smallest absolute Gasteiger partial charge is 0.220 e. The predicted molar refractivity (Wildman–Crippen MR) is 99.7 cm³/mol. The summed E-state index contributed by atoms with van der Waals surface area (Å²) in [5.41, 5.74) is 0.969. The van der Waals surface area contributed by atoms with Crippen LogP contribution in [-0.2, 0) is 0 Å². The van der Waals surface area contributed by atoms with Gasteiger partial charge < -0.3 is 4.90 Å². The van der Waals surface area contributed by atoms with E-state index >= 15 is 0 Å². The highest BCUT2D eigenvalue weighted by atomic mass is 35.5. The van der Waals surface area contributed by atoms with Crippen molar-refractivity contribution in [3.63, 3.8) is 0 Å². The fourth-order valence-electron chi connectivity index (χ4n) is 2.71. The van der Waals surface area contributed by atoms with Crippen LogP contribution >= 0.6 is 22.9 Å². The molecule has 6 heteroatoms. The zero-order valence-electron chi connectivity index (χ0n) is 13.5. The lowest BCUT2D eigenvalue weighted by atomic mass is 10.1. The highest BCUT2D eigenvalue weighted by Crippen LogP contribution is 2.23. The number of thiophene rings is 1. The third kappa shape index (κ3) is 3.23. The van der Waals surface area contributed by atoms with Crippen LogP contribution in [0.15, 0.2) is 54.2 Å². The lowest BCUT2D eigenvalue weighted by Gasteiger charge is -2.29. The van der Waals surface area contributed by atoms with E-state index < -0.39 is 0 Å². The lowest BCUT2D eigenvalue weighted by Crippen LogP contribution is -2.40. The molecule has 0 amide bonds. The molecular weight excluding hydrogens is 342 g/mol. The van der Waals surface area contributed by atoms with Crippen molar-refractivity contribution < 1.29 is 4.79 Å². The standard InChI is InChI=1S/C18H18ClN3OS/c1-3-21(15-8-6-14(19)7-9-15)13(2)17(23)18-20-10-11-22(18)16-5-4-12-24-16/h4-13H,3H2,1-2H3/t13-/m0/s1. The van der Waals surface area contributed by atoms with Gasteiger partial charge in [-0.15, -0.1) is 11.3 Å². The Kier molecular flexibility index (Phi) is 5.02. The van der Waals surface area contributed by atoms with Crippen LogP contribution in [0.5, 0.6) is 0 Å². The molecule has 0 aliphatic heterocycles. The molecule has 24 heavy (non-hydrogen) atoms. The molecule has 3 aromatic rings. The van der Waals surface area contributed by atoms with Gasteiger partial charge in [-0.1, -0.05) is 11.6 Å². The van der Waals surface area contributed by atoms with Gasteiger partial charge in [-0.25, -0.2) is 4.98 Å². The number of benzene rings is 1. The topological polar surface area (TPSA) is 38.1 Å². The molecule has 4 nitrogen and oxygen atoms in total.